The zero-order chi connectivity index (χ0) is 19.4. The van der Waals surface area contributed by atoms with Gasteiger partial charge in [0.2, 0.25) is 5.91 Å². The molecule has 1 aromatic heterocycles. The van der Waals surface area contributed by atoms with Crippen molar-refractivity contribution in [1.29, 1.82) is 0 Å². The summed E-state index contributed by atoms with van der Waals surface area (Å²) in [5, 5.41) is 4.45. The number of carbonyl (C=O) groups excluding carboxylic acids is 1. The summed E-state index contributed by atoms with van der Waals surface area (Å²) in [5.41, 5.74) is 5.07. The molecule has 0 bridgehead atoms. The largest absolute Gasteiger partial charge is 0.348 e. The minimum Gasteiger partial charge on any atom is -0.348 e. The lowest BCUT2D eigenvalue weighted by Crippen LogP contribution is -2.38. The van der Waals surface area contributed by atoms with Crippen molar-refractivity contribution in [3.63, 3.8) is 0 Å². The van der Waals surface area contributed by atoms with E-state index in [2.05, 4.69) is 40.9 Å². The maximum Gasteiger partial charge on any atom is 0.236 e. The molecule has 2 aromatic rings. The first-order valence-electron chi connectivity index (χ1n) is 9.69. The van der Waals surface area contributed by atoms with Gasteiger partial charge in [-0.25, -0.2) is 4.68 Å². The number of hydrogen-bond donors (Lipinski definition) is 0. The van der Waals surface area contributed by atoms with E-state index in [0.29, 0.717) is 6.54 Å². The van der Waals surface area contributed by atoms with Gasteiger partial charge in [0.15, 0.2) is 0 Å². The molecular formula is C21H31N5O. The second-order valence-electron chi connectivity index (χ2n) is 7.72. The molecule has 1 fully saturated rings. The molecule has 1 aliphatic heterocycles. The maximum atomic E-state index is 12.0. The van der Waals surface area contributed by atoms with Gasteiger partial charge in [-0.2, -0.15) is 5.10 Å². The van der Waals surface area contributed by atoms with Gasteiger partial charge in [0.05, 0.1) is 12.2 Å². The first-order valence-corrected chi connectivity index (χ1v) is 9.69. The van der Waals surface area contributed by atoms with Crippen LogP contribution >= 0.6 is 0 Å². The highest BCUT2D eigenvalue weighted by molar-refractivity contribution is 5.77. The molecule has 1 amide bonds. The molecule has 1 saturated heterocycles. The Labute approximate surface area is 162 Å². The second kappa shape index (κ2) is 8.67. The highest BCUT2D eigenvalue weighted by Crippen LogP contribution is 2.23. The first-order chi connectivity index (χ1) is 12.9. The van der Waals surface area contributed by atoms with E-state index in [9.17, 15) is 4.79 Å². The van der Waals surface area contributed by atoms with Crippen molar-refractivity contribution in [1.82, 2.24) is 24.5 Å². The molecule has 1 aromatic carbocycles. The van der Waals surface area contributed by atoms with E-state index in [-0.39, 0.29) is 5.91 Å². The molecule has 1 aliphatic rings. The zero-order valence-corrected chi connectivity index (χ0v) is 17.0. The van der Waals surface area contributed by atoms with Crippen LogP contribution in [0.15, 0.2) is 30.6 Å². The molecule has 2 heterocycles. The minimum atomic E-state index is 0.179. The molecule has 6 nitrogen and oxygen atoms in total. The van der Waals surface area contributed by atoms with Crippen LogP contribution in [0.3, 0.4) is 0 Å². The van der Waals surface area contributed by atoms with Crippen molar-refractivity contribution in [3.05, 3.63) is 47.3 Å². The number of carbonyl (C=O) groups is 1. The third-order valence-electron chi connectivity index (χ3n) is 5.27. The number of aryl methyl sites for hydroxylation is 2. The molecule has 6 heteroatoms. The van der Waals surface area contributed by atoms with Gasteiger partial charge < -0.3 is 4.90 Å². The highest BCUT2D eigenvalue weighted by Gasteiger charge is 2.20. The topological polar surface area (TPSA) is 44.6 Å². The number of aromatic nitrogens is 2. The SMILES string of the molecule is Cc1cc(C)c(CN2CCCN(CC(=O)N(C)C)CC2)c(-n2cccn2)c1. The normalized spacial score (nSPS) is 16.3. The quantitative estimate of drug-likeness (QED) is 0.810. The second-order valence-corrected chi connectivity index (χ2v) is 7.72. The van der Waals surface area contributed by atoms with E-state index in [1.807, 2.05) is 37.2 Å². The number of likely N-dealkylation sites (N-methyl/N-ethyl adjacent to an activating group) is 1. The average molecular weight is 370 g/mol. The van der Waals surface area contributed by atoms with Gasteiger partial charge in [-0.15, -0.1) is 0 Å². The Morgan fingerprint density at radius 1 is 1.11 bits per heavy atom. The molecule has 0 aliphatic carbocycles. The van der Waals surface area contributed by atoms with E-state index in [1.165, 1.54) is 22.4 Å². The number of benzene rings is 1. The smallest absolute Gasteiger partial charge is 0.236 e. The number of hydrogen-bond acceptors (Lipinski definition) is 4. The number of amides is 1. The maximum absolute atomic E-state index is 12.0. The first kappa shape index (κ1) is 19.6. The molecule has 146 valence electrons. The van der Waals surface area contributed by atoms with Crippen LogP contribution in [0, 0.1) is 13.8 Å². The fraction of sp³-hybridized carbons (Fsp3) is 0.524. The number of rotatable bonds is 5. The lowest BCUT2D eigenvalue weighted by molar-refractivity contribution is -0.129. The summed E-state index contributed by atoms with van der Waals surface area (Å²) < 4.78 is 1.97. The Balaban J connectivity index is 1.72. The van der Waals surface area contributed by atoms with Gasteiger partial charge in [-0.05, 0) is 62.2 Å². The Morgan fingerprint density at radius 3 is 2.56 bits per heavy atom. The van der Waals surface area contributed by atoms with E-state index >= 15 is 0 Å². The molecule has 0 N–H and O–H groups in total. The minimum absolute atomic E-state index is 0.179. The summed E-state index contributed by atoms with van der Waals surface area (Å²) in [7, 11) is 3.65. The summed E-state index contributed by atoms with van der Waals surface area (Å²) in [4.78, 5) is 18.5. The molecule has 0 atom stereocenters. The van der Waals surface area contributed by atoms with Crippen LogP contribution < -0.4 is 0 Å². The summed E-state index contributed by atoms with van der Waals surface area (Å²) in [6, 6.07) is 6.43. The van der Waals surface area contributed by atoms with E-state index < -0.39 is 0 Å². The zero-order valence-electron chi connectivity index (χ0n) is 17.0. The van der Waals surface area contributed by atoms with Crippen molar-refractivity contribution >= 4 is 5.91 Å². The molecule has 0 unspecified atom stereocenters. The fourth-order valence-electron chi connectivity index (χ4n) is 3.69. The van der Waals surface area contributed by atoms with Gasteiger partial charge in [0.25, 0.3) is 0 Å². The van der Waals surface area contributed by atoms with Crippen molar-refractivity contribution in [2.24, 2.45) is 0 Å². The van der Waals surface area contributed by atoms with Crippen molar-refractivity contribution in [2.45, 2.75) is 26.8 Å². The Morgan fingerprint density at radius 2 is 1.85 bits per heavy atom. The summed E-state index contributed by atoms with van der Waals surface area (Å²) in [6.45, 7) is 9.70. The van der Waals surface area contributed by atoms with Crippen LogP contribution in [0.4, 0.5) is 0 Å². The summed E-state index contributed by atoms with van der Waals surface area (Å²) >= 11 is 0. The fourth-order valence-corrected chi connectivity index (χ4v) is 3.69. The third kappa shape index (κ3) is 4.96. The number of nitrogens with zero attached hydrogens (tertiary/aromatic N) is 5. The van der Waals surface area contributed by atoms with Crippen LogP contribution in [0.5, 0.6) is 0 Å². The molecule has 3 rings (SSSR count). The van der Waals surface area contributed by atoms with Crippen molar-refractivity contribution < 1.29 is 4.79 Å². The molecule has 0 saturated carbocycles. The summed E-state index contributed by atoms with van der Waals surface area (Å²) in [5.74, 6) is 0.179. The lowest BCUT2D eigenvalue weighted by atomic mass is 10.0. The molecule has 27 heavy (non-hydrogen) atoms. The van der Waals surface area contributed by atoms with Crippen LogP contribution in [-0.4, -0.2) is 77.2 Å². The van der Waals surface area contributed by atoms with Crippen LogP contribution in [0.2, 0.25) is 0 Å². The Hall–Kier alpha value is -2.18. The van der Waals surface area contributed by atoms with Crippen molar-refractivity contribution in [2.75, 3.05) is 46.8 Å². The van der Waals surface area contributed by atoms with Crippen LogP contribution in [-0.2, 0) is 11.3 Å². The Bertz CT molecular complexity index is 769. The Kier molecular flexibility index (Phi) is 6.29. The van der Waals surface area contributed by atoms with E-state index in [1.54, 1.807) is 4.90 Å². The third-order valence-corrected chi connectivity index (χ3v) is 5.27. The summed E-state index contributed by atoms with van der Waals surface area (Å²) in [6.07, 6.45) is 4.92. The molecular weight excluding hydrogens is 338 g/mol. The van der Waals surface area contributed by atoms with Gasteiger partial charge in [0.1, 0.15) is 0 Å². The van der Waals surface area contributed by atoms with Crippen LogP contribution in [0.1, 0.15) is 23.1 Å². The average Bonchev–Trinajstić information content (AvgIpc) is 3.06. The monoisotopic (exact) mass is 369 g/mol. The van der Waals surface area contributed by atoms with Crippen LogP contribution in [0.25, 0.3) is 5.69 Å². The van der Waals surface area contributed by atoms with E-state index in [4.69, 9.17) is 0 Å². The van der Waals surface area contributed by atoms with Crippen molar-refractivity contribution in [3.8, 4) is 5.69 Å². The lowest BCUT2D eigenvalue weighted by Gasteiger charge is -2.24. The predicted molar refractivity (Wildman–Crippen MR) is 108 cm³/mol. The van der Waals surface area contributed by atoms with Gasteiger partial charge in [-0.3, -0.25) is 14.6 Å². The van der Waals surface area contributed by atoms with E-state index in [0.717, 1.165) is 39.1 Å². The molecule has 0 spiro atoms. The van der Waals surface area contributed by atoms with Gasteiger partial charge >= 0.3 is 0 Å². The van der Waals surface area contributed by atoms with Gasteiger partial charge in [0, 0.05) is 46.1 Å². The predicted octanol–water partition coefficient (Wildman–Crippen LogP) is 2.09. The standard InChI is InChI=1S/C21H31N5O/c1-17-13-18(2)19(20(14-17)26-10-5-7-22-26)15-24-8-6-9-25(12-11-24)16-21(27)23(3)4/h5,7,10,13-14H,6,8-9,11-12,15-16H2,1-4H3. The van der Waals surface area contributed by atoms with Gasteiger partial charge in [-0.1, -0.05) is 6.07 Å². The molecule has 0 radical (unpaired) electrons. The highest BCUT2D eigenvalue weighted by atomic mass is 16.2.